The van der Waals surface area contributed by atoms with Crippen molar-refractivity contribution in [1.82, 2.24) is 9.97 Å². The molecule has 0 aliphatic carbocycles. The molecule has 192 valence electrons. The average molecular weight is 510 g/mol. The molecule has 0 aliphatic heterocycles. The van der Waals surface area contributed by atoms with Crippen molar-refractivity contribution in [2.45, 2.75) is 31.7 Å². The lowest BCUT2D eigenvalue weighted by Crippen LogP contribution is -2.26. The Kier molecular flexibility index (Phi) is 7.93. The van der Waals surface area contributed by atoms with Crippen LogP contribution in [0.2, 0.25) is 0 Å². The minimum absolute atomic E-state index is 0.0201. The predicted molar refractivity (Wildman–Crippen MR) is 134 cm³/mol. The van der Waals surface area contributed by atoms with Crippen LogP contribution >= 0.6 is 0 Å². The maximum absolute atomic E-state index is 14.0. The Morgan fingerprint density at radius 1 is 0.865 bits per heavy atom. The fourth-order valence-electron chi connectivity index (χ4n) is 3.70. The van der Waals surface area contributed by atoms with E-state index >= 15 is 0 Å². The van der Waals surface area contributed by atoms with Crippen LogP contribution in [0.1, 0.15) is 24.2 Å². The molecule has 2 N–H and O–H groups in total. The summed E-state index contributed by atoms with van der Waals surface area (Å²) in [4.78, 5) is 8.09. The van der Waals surface area contributed by atoms with Gasteiger partial charge in [0.05, 0.1) is 12.8 Å². The zero-order valence-corrected chi connectivity index (χ0v) is 20.3. The van der Waals surface area contributed by atoms with Crippen LogP contribution in [0.5, 0.6) is 23.1 Å². The van der Waals surface area contributed by atoms with Gasteiger partial charge in [-0.1, -0.05) is 42.5 Å². The second-order valence-corrected chi connectivity index (χ2v) is 8.51. The SMILES string of the molecule is COc1cccc(Oc2ccc(C(Oc3cc(-c4ccc(C[C@H](C)N)cc4)ncn3)C(F)(F)F)cc2)c1. The van der Waals surface area contributed by atoms with Gasteiger partial charge in [0.2, 0.25) is 12.0 Å². The summed E-state index contributed by atoms with van der Waals surface area (Å²) in [6, 6.07) is 21.3. The number of halogens is 3. The van der Waals surface area contributed by atoms with Gasteiger partial charge in [-0.2, -0.15) is 13.2 Å². The Labute approximate surface area is 212 Å². The third-order valence-electron chi connectivity index (χ3n) is 5.45. The summed E-state index contributed by atoms with van der Waals surface area (Å²) in [5.74, 6) is 1.28. The number of alkyl halides is 3. The Bertz CT molecular complexity index is 1310. The highest BCUT2D eigenvalue weighted by Gasteiger charge is 2.43. The van der Waals surface area contributed by atoms with Crippen LogP contribution < -0.4 is 19.9 Å². The summed E-state index contributed by atoms with van der Waals surface area (Å²) in [6.07, 6.45) is -5.01. The van der Waals surface area contributed by atoms with Crippen LogP contribution in [-0.2, 0) is 6.42 Å². The summed E-state index contributed by atoms with van der Waals surface area (Å²) in [5.41, 5.74) is 7.97. The molecule has 4 aromatic rings. The predicted octanol–water partition coefficient (Wildman–Crippen LogP) is 6.52. The number of aromatic nitrogens is 2. The lowest BCUT2D eigenvalue weighted by molar-refractivity contribution is -0.198. The van der Waals surface area contributed by atoms with Crippen LogP contribution in [-0.4, -0.2) is 29.3 Å². The Hall–Kier alpha value is -4.11. The molecule has 2 atom stereocenters. The van der Waals surface area contributed by atoms with E-state index in [-0.39, 0.29) is 17.5 Å². The molecule has 1 heterocycles. The van der Waals surface area contributed by atoms with Gasteiger partial charge in [-0.3, -0.25) is 0 Å². The van der Waals surface area contributed by atoms with Gasteiger partial charge in [-0.15, -0.1) is 0 Å². The van der Waals surface area contributed by atoms with E-state index < -0.39 is 12.3 Å². The highest BCUT2D eigenvalue weighted by molar-refractivity contribution is 5.60. The van der Waals surface area contributed by atoms with Gasteiger partial charge in [0.1, 0.15) is 23.6 Å². The standard InChI is InChI=1S/C28H26F3N3O3/c1-18(32)14-19-6-8-20(9-7-19)25-16-26(34-17-33-25)37-27(28(29,30)31)21-10-12-22(13-11-21)36-24-5-3-4-23(15-24)35-2/h3-13,15-18,27H,14,32H2,1-2H3/t18-,27?/m0/s1. The molecule has 0 saturated carbocycles. The summed E-state index contributed by atoms with van der Waals surface area (Å²) in [5, 5.41) is 0. The van der Waals surface area contributed by atoms with Crippen molar-refractivity contribution in [2.75, 3.05) is 7.11 Å². The normalized spacial score (nSPS) is 13.0. The van der Waals surface area contributed by atoms with Crippen molar-refractivity contribution in [3.63, 3.8) is 0 Å². The Morgan fingerprint density at radius 2 is 1.57 bits per heavy atom. The summed E-state index contributed by atoms with van der Waals surface area (Å²) in [6.45, 7) is 1.92. The van der Waals surface area contributed by atoms with E-state index in [9.17, 15) is 13.2 Å². The van der Waals surface area contributed by atoms with Gasteiger partial charge in [0, 0.05) is 29.3 Å². The first kappa shape index (κ1) is 26.0. The monoisotopic (exact) mass is 509 g/mol. The van der Waals surface area contributed by atoms with Gasteiger partial charge in [-0.25, -0.2) is 9.97 Å². The molecule has 1 unspecified atom stereocenters. The molecule has 0 bridgehead atoms. The van der Waals surface area contributed by atoms with E-state index in [1.807, 2.05) is 31.2 Å². The van der Waals surface area contributed by atoms with Crippen LogP contribution in [0.15, 0.2) is 85.2 Å². The first-order valence-corrected chi connectivity index (χ1v) is 11.5. The number of benzene rings is 3. The number of hydrogen-bond acceptors (Lipinski definition) is 6. The number of rotatable bonds is 9. The van der Waals surface area contributed by atoms with Crippen LogP contribution in [0.3, 0.4) is 0 Å². The largest absolute Gasteiger partial charge is 0.497 e. The molecule has 37 heavy (non-hydrogen) atoms. The number of ether oxygens (including phenoxy) is 3. The molecular weight excluding hydrogens is 483 g/mol. The van der Waals surface area contributed by atoms with Crippen LogP contribution in [0.4, 0.5) is 13.2 Å². The van der Waals surface area contributed by atoms with Crippen molar-refractivity contribution in [1.29, 1.82) is 0 Å². The summed E-state index contributed by atoms with van der Waals surface area (Å²) < 4.78 is 58.1. The zero-order valence-electron chi connectivity index (χ0n) is 20.3. The van der Waals surface area contributed by atoms with Crippen molar-refractivity contribution in [2.24, 2.45) is 5.73 Å². The van der Waals surface area contributed by atoms with Crippen LogP contribution in [0, 0.1) is 0 Å². The molecule has 0 spiro atoms. The van der Waals surface area contributed by atoms with Gasteiger partial charge in [0.15, 0.2) is 0 Å². The van der Waals surface area contributed by atoms with Crippen molar-refractivity contribution < 1.29 is 27.4 Å². The second-order valence-electron chi connectivity index (χ2n) is 8.51. The smallest absolute Gasteiger partial charge is 0.429 e. The zero-order chi connectivity index (χ0) is 26.4. The average Bonchev–Trinajstić information content (AvgIpc) is 2.88. The van der Waals surface area contributed by atoms with Gasteiger partial charge in [0.25, 0.3) is 0 Å². The summed E-state index contributed by atoms with van der Waals surface area (Å²) >= 11 is 0. The van der Waals surface area contributed by atoms with E-state index in [0.29, 0.717) is 22.9 Å². The van der Waals surface area contributed by atoms with Gasteiger partial charge >= 0.3 is 6.18 Å². The first-order chi connectivity index (χ1) is 17.7. The molecule has 0 fully saturated rings. The molecule has 0 aliphatic rings. The van der Waals surface area contributed by atoms with Crippen molar-refractivity contribution in [3.05, 3.63) is 96.3 Å². The van der Waals surface area contributed by atoms with Crippen molar-refractivity contribution in [3.8, 4) is 34.4 Å². The second kappa shape index (κ2) is 11.3. The van der Waals surface area contributed by atoms with Gasteiger partial charge < -0.3 is 19.9 Å². The van der Waals surface area contributed by atoms with Gasteiger partial charge in [-0.05, 0) is 43.2 Å². The highest BCUT2D eigenvalue weighted by Crippen LogP contribution is 2.38. The molecule has 0 amide bonds. The number of hydrogen-bond donors (Lipinski definition) is 1. The number of nitrogens with zero attached hydrogens (tertiary/aromatic N) is 2. The van der Waals surface area contributed by atoms with E-state index in [0.717, 1.165) is 17.5 Å². The molecule has 6 nitrogen and oxygen atoms in total. The maximum Gasteiger partial charge on any atom is 0.429 e. The molecule has 4 rings (SSSR count). The molecule has 0 saturated heterocycles. The minimum atomic E-state index is -4.68. The number of nitrogens with two attached hydrogens (primary N) is 1. The molecule has 1 aromatic heterocycles. The topological polar surface area (TPSA) is 79.5 Å². The van der Waals surface area contributed by atoms with Crippen molar-refractivity contribution >= 4 is 0 Å². The minimum Gasteiger partial charge on any atom is -0.497 e. The third-order valence-corrected chi connectivity index (χ3v) is 5.45. The first-order valence-electron chi connectivity index (χ1n) is 11.5. The quantitative estimate of drug-likeness (QED) is 0.277. The molecule has 9 heteroatoms. The fraction of sp³-hybridized carbons (Fsp3) is 0.214. The van der Waals surface area contributed by atoms with E-state index in [2.05, 4.69) is 9.97 Å². The van der Waals surface area contributed by atoms with E-state index in [4.69, 9.17) is 19.9 Å². The molecule has 0 radical (unpaired) electrons. The fourth-order valence-corrected chi connectivity index (χ4v) is 3.70. The summed E-state index contributed by atoms with van der Waals surface area (Å²) in [7, 11) is 1.53. The number of methoxy groups -OCH3 is 1. The third kappa shape index (κ3) is 6.98. The Balaban J connectivity index is 1.52. The lowest BCUT2D eigenvalue weighted by atomic mass is 10.0. The van der Waals surface area contributed by atoms with E-state index in [1.54, 1.807) is 24.3 Å². The van der Waals surface area contributed by atoms with E-state index in [1.165, 1.54) is 43.8 Å². The maximum atomic E-state index is 14.0. The Morgan fingerprint density at radius 3 is 2.22 bits per heavy atom. The molecular formula is C28H26F3N3O3. The van der Waals surface area contributed by atoms with Crippen LogP contribution in [0.25, 0.3) is 11.3 Å². The molecule has 3 aromatic carbocycles. The lowest BCUT2D eigenvalue weighted by Gasteiger charge is -2.22. The highest BCUT2D eigenvalue weighted by atomic mass is 19.4.